The predicted octanol–water partition coefficient (Wildman–Crippen LogP) is 4.34. The minimum Gasteiger partial charge on any atom is -0.494 e. The third kappa shape index (κ3) is 7.58. The summed E-state index contributed by atoms with van der Waals surface area (Å²) in [7, 11) is -3.70. The van der Waals surface area contributed by atoms with E-state index in [9.17, 15) is 13.2 Å². The minimum absolute atomic E-state index is 0.0341. The second-order valence-electron chi connectivity index (χ2n) is 9.48. The molecule has 3 aromatic rings. The number of hydrogen-bond donors (Lipinski definition) is 3. The summed E-state index contributed by atoms with van der Waals surface area (Å²) >= 11 is 12.2. The molecule has 2 atom stereocenters. The number of hydrazine groups is 1. The van der Waals surface area contributed by atoms with Crippen LogP contribution in [-0.2, 0) is 25.9 Å². The molecule has 12 heteroatoms. The molecule has 0 bridgehead atoms. The van der Waals surface area contributed by atoms with Gasteiger partial charge >= 0.3 is 0 Å². The lowest BCUT2D eigenvalue weighted by atomic mass is 9.90. The molecule has 1 aliphatic heterocycles. The van der Waals surface area contributed by atoms with E-state index in [1.807, 2.05) is 0 Å². The van der Waals surface area contributed by atoms with Crippen molar-refractivity contribution in [2.24, 2.45) is 4.99 Å². The summed E-state index contributed by atoms with van der Waals surface area (Å²) in [6, 6.07) is 20.1. The van der Waals surface area contributed by atoms with Crippen molar-refractivity contribution in [2.75, 3.05) is 19.0 Å². The molecule has 0 aliphatic carbocycles. The first-order chi connectivity index (χ1) is 19.6. The van der Waals surface area contributed by atoms with Crippen LogP contribution in [0.4, 0.5) is 0 Å². The van der Waals surface area contributed by atoms with Crippen molar-refractivity contribution in [1.29, 1.82) is 0 Å². The van der Waals surface area contributed by atoms with Crippen LogP contribution in [0.25, 0.3) is 0 Å². The number of nitrogens with zero attached hydrogens (tertiary/aromatic N) is 1. The van der Waals surface area contributed by atoms with Crippen LogP contribution >= 0.6 is 23.2 Å². The Hall–Kier alpha value is -3.15. The van der Waals surface area contributed by atoms with Crippen LogP contribution in [0.2, 0.25) is 10.0 Å². The Kier molecular flexibility index (Phi) is 10.3. The number of carbonyl (C=O) groups is 1. The molecule has 3 N–H and O–H groups in total. The molecule has 0 saturated carbocycles. The summed E-state index contributed by atoms with van der Waals surface area (Å²) < 4.78 is 37.9. The topological polar surface area (TPSA) is 126 Å². The lowest BCUT2D eigenvalue weighted by Gasteiger charge is -2.28. The number of ether oxygens (including phenoxy) is 2. The standard InChI is InChI=1S/C29H31Cl2N3O6S/c1-20-29(14-17-41(37,38)25-6-3-2-4-7-25,28(36)34-32-19-22-8-11-23(30)18-26(22)31)33-27(40-20)21-9-12-24(13-10-21)39-16-5-15-35/h2-4,6-13,18,20,32,35H,5,14-17,19H2,1H3,(H,34,36)/t20-,29-/m0/s1. The number of sulfone groups is 1. The summed E-state index contributed by atoms with van der Waals surface area (Å²) in [6.07, 6.45) is -0.381. The fourth-order valence-electron chi connectivity index (χ4n) is 4.28. The predicted molar refractivity (Wildman–Crippen MR) is 158 cm³/mol. The van der Waals surface area contributed by atoms with Crippen LogP contribution in [0.3, 0.4) is 0 Å². The van der Waals surface area contributed by atoms with Crippen molar-refractivity contribution < 1.29 is 27.8 Å². The zero-order chi connectivity index (χ0) is 29.5. The first-order valence-corrected chi connectivity index (χ1v) is 15.4. The summed E-state index contributed by atoms with van der Waals surface area (Å²) in [5.74, 6) is -0.0446. The van der Waals surface area contributed by atoms with Gasteiger partial charge in [-0.1, -0.05) is 47.5 Å². The Bertz CT molecular complexity index is 1490. The summed E-state index contributed by atoms with van der Waals surface area (Å²) in [5.41, 5.74) is 5.31. The average molecular weight is 621 g/mol. The van der Waals surface area contributed by atoms with E-state index in [1.165, 1.54) is 12.1 Å². The Morgan fingerprint density at radius 2 is 1.83 bits per heavy atom. The zero-order valence-electron chi connectivity index (χ0n) is 22.3. The van der Waals surface area contributed by atoms with Gasteiger partial charge in [0.15, 0.2) is 15.4 Å². The molecule has 0 unspecified atom stereocenters. The Balaban J connectivity index is 1.56. The highest BCUT2D eigenvalue weighted by Gasteiger charge is 2.50. The van der Waals surface area contributed by atoms with Gasteiger partial charge < -0.3 is 14.6 Å². The Labute approximate surface area is 249 Å². The van der Waals surface area contributed by atoms with Crippen LogP contribution in [0, 0.1) is 0 Å². The van der Waals surface area contributed by atoms with Gasteiger partial charge in [0.2, 0.25) is 5.90 Å². The SMILES string of the molecule is C[C@@H]1OC(c2ccc(OCCCO)cc2)=N[C@]1(CCS(=O)(=O)c1ccccc1)C(=O)NNCc1ccc(Cl)cc1Cl. The third-order valence-electron chi connectivity index (χ3n) is 6.68. The number of aliphatic hydroxyl groups excluding tert-OH is 1. The number of nitrogens with one attached hydrogen (secondary N) is 2. The maximum absolute atomic E-state index is 13.7. The number of amides is 1. The van der Waals surface area contributed by atoms with E-state index in [0.717, 1.165) is 0 Å². The molecule has 218 valence electrons. The first-order valence-electron chi connectivity index (χ1n) is 13.0. The second kappa shape index (κ2) is 13.7. The number of hydrogen-bond acceptors (Lipinski definition) is 8. The third-order valence-corrected chi connectivity index (χ3v) is 9.00. The lowest BCUT2D eigenvalue weighted by Crippen LogP contribution is -2.55. The van der Waals surface area contributed by atoms with Gasteiger partial charge in [0.05, 0.1) is 17.3 Å². The van der Waals surface area contributed by atoms with E-state index >= 15 is 0 Å². The van der Waals surface area contributed by atoms with Crippen molar-refractivity contribution in [3.8, 4) is 5.75 Å². The highest BCUT2D eigenvalue weighted by atomic mass is 35.5. The molecule has 3 aromatic carbocycles. The fraction of sp³-hybridized carbons (Fsp3) is 0.310. The normalized spacial score (nSPS) is 18.4. The van der Waals surface area contributed by atoms with Crippen LogP contribution in [-0.4, -0.2) is 55.9 Å². The molecule has 1 heterocycles. The lowest BCUT2D eigenvalue weighted by molar-refractivity contribution is -0.129. The summed E-state index contributed by atoms with van der Waals surface area (Å²) in [4.78, 5) is 18.5. The summed E-state index contributed by atoms with van der Waals surface area (Å²) in [5, 5.41) is 9.87. The molecule has 0 aromatic heterocycles. The average Bonchev–Trinajstić information content (AvgIpc) is 3.31. The molecule has 1 aliphatic rings. The first kappa shape index (κ1) is 30.8. The quantitative estimate of drug-likeness (QED) is 0.192. The number of halogens is 2. The van der Waals surface area contributed by atoms with Crippen LogP contribution in [0.1, 0.15) is 30.9 Å². The van der Waals surface area contributed by atoms with Gasteiger partial charge in [0.1, 0.15) is 11.9 Å². The van der Waals surface area contributed by atoms with Gasteiger partial charge in [-0.3, -0.25) is 10.2 Å². The van der Waals surface area contributed by atoms with Crippen LogP contribution in [0.5, 0.6) is 5.75 Å². The van der Waals surface area contributed by atoms with Gasteiger partial charge in [0.25, 0.3) is 5.91 Å². The maximum Gasteiger partial charge on any atom is 0.266 e. The van der Waals surface area contributed by atoms with Crippen LogP contribution < -0.4 is 15.6 Å². The molecule has 1 amide bonds. The monoisotopic (exact) mass is 619 g/mol. The Morgan fingerprint density at radius 3 is 2.51 bits per heavy atom. The molecule has 0 saturated heterocycles. The molecular weight excluding hydrogens is 589 g/mol. The van der Waals surface area contributed by atoms with Gasteiger partial charge in [-0.15, -0.1) is 0 Å². The smallest absolute Gasteiger partial charge is 0.266 e. The van der Waals surface area contributed by atoms with Crippen molar-refractivity contribution in [2.45, 2.75) is 42.8 Å². The Morgan fingerprint density at radius 1 is 1.10 bits per heavy atom. The molecule has 0 spiro atoms. The van der Waals surface area contributed by atoms with Gasteiger partial charge in [-0.2, -0.15) is 0 Å². The molecule has 9 nitrogen and oxygen atoms in total. The number of benzene rings is 3. The van der Waals surface area contributed by atoms with Crippen molar-refractivity contribution in [3.63, 3.8) is 0 Å². The molecule has 4 rings (SSSR count). The number of rotatable bonds is 13. The van der Waals surface area contributed by atoms with Gasteiger partial charge in [-0.25, -0.2) is 18.8 Å². The van der Waals surface area contributed by atoms with Crippen molar-refractivity contribution >= 4 is 44.8 Å². The van der Waals surface area contributed by atoms with Crippen LogP contribution in [0.15, 0.2) is 82.7 Å². The fourth-order valence-corrected chi connectivity index (χ4v) is 6.14. The summed E-state index contributed by atoms with van der Waals surface area (Å²) in [6.45, 7) is 2.29. The minimum atomic E-state index is -3.70. The molecule has 0 fully saturated rings. The second-order valence-corrected chi connectivity index (χ2v) is 12.4. The number of aliphatic imine (C=N–C) groups is 1. The molecule has 0 radical (unpaired) electrons. The molecule has 41 heavy (non-hydrogen) atoms. The molecular formula is C29H31Cl2N3O6S. The van der Waals surface area contributed by atoms with E-state index < -0.39 is 27.4 Å². The van der Waals surface area contributed by atoms with E-state index in [-0.39, 0.29) is 36.1 Å². The largest absolute Gasteiger partial charge is 0.494 e. The maximum atomic E-state index is 13.7. The van der Waals surface area contributed by atoms with E-state index in [4.69, 9.17) is 37.8 Å². The van der Waals surface area contributed by atoms with Gasteiger partial charge in [-0.05, 0) is 67.4 Å². The highest BCUT2D eigenvalue weighted by Crippen LogP contribution is 2.33. The zero-order valence-corrected chi connectivity index (χ0v) is 24.7. The number of aliphatic hydroxyl groups is 1. The highest BCUT2D eigenvalue weighted by molar-refractivity contribution is 7.91. The van der Waals surface area contributed by atoms with Crippen molar-refractivity contribution in [3.05, 3.63) is 94.0 Å². The van der Waals surface area contributed by atoms with Gasteiger partial charge in [0, 0.05) is 35.2 Å². The van der Waals surface area contributed by atoms with E-state index in [2.05, 4.69) is 15.8 Å². The van der Waals surface area contributed by atoms with E-state index in [0.29, 0.717) is 39.9 Å². The number of carbonyl (C=O) groups excluding carboxylic acids is 1. The van der Waals surface area contributed by atoms with E-state index in [1.54, 1.807) is 67.6 Å². The van der Waals surface area contributed by atoms with Crippen molar-refractivity contribution in [1.82, 2.24) is 10.9 Å².